The Kier molecular flexibility index (Phi) is 9.70. The Bertz CT molecular complexity index is 1660. The highest BCUT2D eigenvalue weighted by atomic mass is 35.5. The van der Waals surface area contributed by atoms with E-state index >= 15 is 0 Å². The van der Waals surface area contributed by atoms with Gasteiger partial charge in [-0.2, -0.15) is 32.1 Å². The fourth-order valence-electron chi connectivity index (χ4n) is 5.28. The van der Waals surface area contributed by atoms with Crippen molar-refractivity contribution in [1.29, 1.82) is 0 Å². The van der Waals surface area contributed by atoms with Crippen molar-refractivity contribution in [2.24, 2.45) is 11.8 Å². The van der Waals surface area contributed by atoms with Gasteiger partial charge in [-0.25, -0.2) is 23.7 Å². The molecule has 2 aliphatic carbocycles. The first-order chi connectivity index (χ1) is 22.0. The molecule has 2 aromatic heterocycles. The van der Waals surface area contributed by atoms with Crippen LogP contribution in [0.3, 0.4) is 0 Å². The van der Waals surface area contributed by atoms with Crippen LogP contribution >= 0.6 is 23.2 Å². The second-order valence-electron chi connectivity index (χ2n) is 11.5. The summed E-state index contributed by atoms with van der Waals surface area (Å²) < 4.78 is 83.3. The first-order valence-electron chi connectivity index (χ1n) is 14.2. The lowest BCUT2D eigenvalue weighted by atomic mass is 9.88. The topological polar surface area (TPSA) is 131 Å². The Morgan fingerprint density at radius 1 is 0.787 bits per heavy atom. The lowest BCUT2D eigenvalue weighted by Crippen LogP contribution is -2.45. The van der Waals surface area contributed by atoms with Gasteiger partial charge < -0.3 is 20.1 Å². The molecule has 2 fully saturated rings. The third-order valence-corrected chi connectivity index (χ3v) is 8.53. The second-order valence-corrected chi connectivity index (χ2v) is 12.3. The van der Waals surface area contributed by atoms with Crippen molar-refractivity contribution in [3.05, 3.63) is 82.9 Å². The Morgan fingerprint density at radius 2 is 1.26 bits per heavy atom. The van der Waals surface area contributed by atoms with Crippen LogP contribution in [0.1, 0.15) is 36.8 Å². The van der Waals surface area contributed by atoms with E-state index in [0.29, 0.717) is 30.0 Å². The third-order valence-electron chi connectivity index (χ3n) is 7.91. The predicted octanol–water partition coefficient (Wildman–Crippen LogP) is 6.04. The normalized spacial score (nSPS) is 18.4. The third kappa shape index (κ3) is 7.93. The number of nitrogens with zero attached hydrogens (tertiary/aromatic N) is 6. The largest absolute Gasteiger partial charge is 0.508 e. The molecule has 3 atom stereocenters. The molecule has 3 N–H and O–H groups in total. The van der Waals surface area contributed by atoms with E-state index in [-0.39, 0.29) is 34.7 Å². The molecular formula is C29H28Cl2F6N6O4. The summed E-state index contributed by atoms with van der Waals surface area (Å²) in [6, 6.07) is 7.52. The second kappa shape index (κ2) is 13.1. The van der Waals surface area contributed by atoms with E-state index in [9.17, 15) is 41.7 Å². The van der Waals surface area contributed by atoms with Crippen LogP contribution in [0.5, 0.6) is 11.5 Å². The van der Waals surface area contributed by atoms with E-state index in [1.165, 1.54) is 35.8 Å². The van der Waals surface area contributed by atoms with E-state index < -0.39 is 35.4 Å². The number of phenolic OH excluding ortho intramolecular Hbond substituents is 1. The summed E-state index contributed by atoms with van der Waals surface area (Å²) >= 11 is 12.2. The molecular weight excluding hydrogens is 681 g/mol. The molecule has 0 amide bonds. The lowest BCUT2D eigenvalue weighted by Gasteiger charge is -2.30. The highest BCUT2D eigenvalue weighted by Crippen LogP contribution is 2.50. The van der Waals surface area contributed by atoms with Gasteiger partial charge in [-0.05, 0) is 61.8 Å². The monoisotopic (exact) mass is 708 g/mol. The highest BCUT2D eigenvalue weighted by molar-refractivity contribution is 6.32. The number of aliphatic hydroxyl groups is 2. The van der Waals surface area contributed by atoms with E-state index in [1.54, 1.807) is 17.1 Å². The van der Waals surface area contributed by atoms with Crippen LogP contribution < -0.4 is 4.74 Å². The van der Waals surface area contributed by atoms with Gasteiger partial charge in [-0.15, -0.1) is 0 Å². The molecule has 2 heterocycles. The van der Waals surface area contributed by atoms with Crippen molar-refractivity contribution in [3.63, 3.8) is 0 Å². The number of halogens is 8. The summed E-state index contributed by atoms with van der Waals surface area (Å²) in [7, 11) is 0. The summed E-state index contributed by atoms with van der Waals surface area (Å²) in [6.07, 6.45) is -6.50. The Morgan fingerprint density at radius 3 is 1.64 bits per heavy atom. The number of rotatable bonds is 11. The standard InChI is InChI=1S/C16H14ClF6N3O2.C13H14ClN3O2/c17-12-5-10(28-16(22,23)13(18)15(19,20)21)3-4-11(12)14(27,9-1-2-9)6-26-8-24-7-25-26;14-12-5-10(18)3-4-11(12)13(19,9-1-2-9)6-17-8-15-7-16-17/h3-5,7-9,13,27H,1-2,6H2;3-5,7-9,18-19H,1-2,6H2. The number of aromatic nitrogens is 6. The van der Waals surface area contributed by atoms with Gasteiger partial charge in [0.25, 0.3) is 6.17 Å². The molecule has 10 nitrogen and oxygen atoms in total. The minimum absolute atomic E-state index is 0.0195. The smallest absolute Gasteiger partial charge is 0.439 e. The van der Waals surface area contributed by atoms with Crippen LogP contribution in [0.15, 0.2) is 61.7 Å². The number of hydrogen-bond acceptors (Lipinski definition) is 8. The molecule has 47 heavy (non-hydrogen) atoms. The van der Waals surface area contributed by atoms with Gasteiger partial charge in [0.2, 0.25) is 0 Å². The van der Waals surface area contributed by atoms with E-state index in [0.717, 1.165) is 31.0 Å². The van der Waals surface area contributed by atoms with Crippen LogP contribution in [0.2, 0.25) is 10.0 Å². The van der Waals surface area contributed by atoms with Crippen molar-refractivity contribution >= 4 is 23.2 Å². The molecule has 6 rings (SSSR count). The average molecular weight is 709 g/mol. The predicted molar refractivity (Wildman–Crippen MR) is 154 cm³/mol. The van der Waals surface area contributed by atoms with Gasteiger partial charge in [0.05, 0.1) is 23.1 Å². The maximum atomic E-state index is 13.4. The molecule has 0 saturated heterocycles. The van der Waals surface area contributed by atoms with Crippen molar-refractivity contribution in [2.75, 3.05) is 0 Å². The number of ether oxygens (including phenoxy) is 1. The van der Waals surface area contributed by atoms with Crippen molar-refractivity contribution < 1.29 is 46.4 Å². The minimum atomic E-state index is -5.79. The minimum Gasteiger partial charge on any atom is -0.508 e. The van der Waals surface area contributed by atoms with Crippen LogP contribution in [0.25, 0.3) is 0 Å². The zero-order chi connectivity index (χ0) is 34.2. The molecule has 254 valence electrons. The highest BCUT2D eigenvalue weighted by Gasteiger charge is 2.59. The fraction of sp³-hybridized carbons (Fsp3) is 0.448. The van der Waals surface area contributed by atoms with Gasteiger partial charge in [0, 0.05) is 11.1 Å². The number of benzene rings is 2. The number of aromatic hydroxyl groups is 1. The Labute approximate surface area is 273 Å². The SMILES string of the molecule is OC(Cn1cncn1)(c1ccc(OC(F)(F)C(F)C(F)(F)F)cc1Cl)C1CC1.Oc1ccc(C(O)(Cn2cncn2)C2CC2)c(Cl)c1. The van der Waals surface area contributed by atoms with Gasteiger partial charge >= 0.3 is 12.3 Å². The maximum Gasteiger partial charge on any atom is 0.439 e. The molecule has 2 aromatic carbocycles. The van der Waals surface area contributed by atoms with Crippen LogP contribution in [-0.2, 0) is 24.3 Å². The zero-order valence-corrected chi connectivity index (χ0v) is 25.7. The molecule has 0 spiro atoms. The molecule has 0 aliphatic heterocycles. The summed E-state index contributed by atoms with van der Waals surface area (Å²) in [5, 5.41) is 39.6. The van der Waals surface area contributed by atoms with Crippen molar-refractivity contribution in [2.45, 2.75) is 68.4 Å². The molecule has 4 aromatic rings. The van der Waals surface area contributed by atoms with Gasteiger partial charge in [0.1, 0.15) is 48.0 Å². The summed E-state index contributed by atoms with van der Waals surface area (Å²) in [5.41, 5.74) is -1.78. The first-order valence-corrected chi connectivity index (χ1v) is 14.9. The lowest BCUT2D eigenvalue weighted by molar-refractivity contribution is -0.304. The Hall–Kier alpha value is -3.60. The Balaban J connectivity index is 0.000000198. The van der Waals surface area contributed by atoms with Crippen LogP contribution in [0.4, 0.5) is 26.3 Å². The fourth-order valence-corrected chi connectivity index (χ4v) is 5.95. The van der Waals surface area contributed by atoms with Gasteiger partial charge in [-0.3, -0.25) is 0 Å². The average Bonchev–Trinajstić information content (AvgIpc) is 3.92. The first kappa shape index (κ1) is 34.7. The molecule has 2 saturated carbocycles. The zero-order valence-electron chi connectivity index (χ0n) is 24.2. The summed E-state index contributed by atoms with van der Waals surface area (Å²) in [6.45, 7) is 0.288. The number of alkyl halides is 6. The van der Waals surface area contributed by atoms with Crippen molar-refractivity contribution in [3.8, 4) is 11.5 Å². The molecule has 0 radical (unpaired) electrons. The molecule has 18 heteroatoms. The molecule has 2 aliphatic rings. The molecule has 0 bridgehead atoms. The number of hydrogen-bond donors (Lipinski definition) is 3. The van der Waals surface area contributed by atoms with Gasteiger partial charge in [0.15, 0.2) is 0 Å². The summed E-state index contributed by atoms with van der Waals surface area (Å²) in [4.78, 5) is 7.65. The summed E-state index contributed by atoms with van der Waals surface area (Å²) in [5.74, 6) is -0.696. The quantitative estimate of drug-likeness (QED) is 0.161. The maximum absolute atomic E-state index is 13.4. The van der Waals surface area contributed by atoms with E-state index in [4.69, 9.17) is 23.2 Å². The van der Waals surface area contributed by atoms with E-state index in [1.807, 2.05) is 0 Å². The van der Waals surface area contributed by atoms with Gasteiger partial charge in [-0.1, -0.05) is 35.3 Å². The number of phenols is 1. The van der Waals surface area contributed by atoms with Crippen molar-refractivity contribution in [1.82, 2.24) is 29.5 Å². The molecule has 3 unspecified atom stereocenters. The van der Waals surface area contributed by atoms with E-state index in [2.05, 4.69) is 24.9 Å². The van der Waals surface area contributed by atoms with Crippen LogP contribution in [-0.4, -0.2) is 63.3 Å². The van der Waals surface area contributed by atoms with Crippen LogP contribution in [0, 0.1) is 11.8 Å².